The molecule has 0 unspecified atom stereocenters. The zero-order chi connectivity index (χ0) is 18.3. The van der Waals surface area contributed by atoms with Crippen molar-refractivity contribution in [3.63, 3.8) is 0 Å². The van der Waals surface area contributed by atoms with Crippen LogP contribution in [0, 0.1) is 20.8 Å². The summed E-state index contributed by atoms with van der Waals surface area (Å²) < 4.78 is 5.40. The van der Waals surface area contributed by atoms with Gasteiger partial charge in [0.1, 0.15) is 5.75 Å². The lowest BCUT2D eigenvalue weighted by Crippen LogP contribution is -1.95. The minimum atomic E-state index is -0.932. The van der Waals surface area contributed by atoms with Gasteiger partial charge in [0.15, 0.2) is 0 Å². The number of aryl methyl sites for hydroxylation is 1. The molecule has 1 aromatic rings. The Morgan fingerprint density at radius 3 is 2.33 bits per heavy atom. The van der Waals surface area contributed by atoms with E-state index in [1.807, 2.05) is 19.1 Å². The van der Waals surface area contributed by atoms with Crippen molar-refractivity contribution in [2.24, 2.45) is 0 Å². The number of allylic oxidation sites excluding steroid dienone is 6. The van der Waals surface area contributed by atoms with Gasteiger partial charge in [-0.2, -0.15) is 0 Å². The lowest BCUT2D eigenvalue weighted by atomic mass is 9.96. The van der Waals surface area contributed by atoms with Crippen LogP contribution < -0.4 is 4.74 Å². The van der Waals surface area contributed by atoms with Crippen LogP contribution in [0.15, 0.2) is 47.6 Å². The summed E-state index contributed by atoms with van der Waals surface area (Å²) in [6, 6.07) is 2.06. The van der Waals surface area contributed by atoms with Gasteiger partial charge in [-0.05, 0) is 68.5 Å². The summed E-state index contributed by atoms with van der Waals surface area (Å²) in [7, 11) is 1.69. The molecule has 0 heterocycles. The summed E-state index contributed by atoms with van der Waals surface area (Å²) >= 11 is 0. The smallest absolute Gasteiger partial charge is 0.328 e. The van der Waals surface area contributed by atoms with Crippen molar-refractivity contribution in [1.29, 1.82) is 0 Å². The molecule has 1 aromatic carbocycles. The van der Waals surface area contributed by atoms with Crippen molar-refractivity contribution >= 4 is 12.0 Å². The Balaban J connectivity index is 2.97. The lowest BCUT2D eigenvalue weighted by Gasteiger charge is -2.13. The largest absolute Gasteiger partial charge is 0.496 e. The molecular formula is C21H26O3. The fourth-order valence-corrected chi connectivity index (χ4v) is 2.40. The summed E-state index contributed by atoms with van der Waals surface area (Å²) in [5, 5.41) is 8.67. The monoisotopic (exact) mass is 326 g/mol. The van der Waals surface area contributed by atoms with Crippen LogP contribution in [0.1, 0.15) is 36.1 Å². The Kier molecular flexibility index (Phi) is 7.25. The molecule has 1 N–H and O–H groups in total. The van der Waals surface area contributed by atoms with E-state index in [0.717, 1.165) is 16.9 Å². The van der Waals surface area contributed by atoms with E-state index in [4.69, 9.17) is 9.84 Å². The fourth-order valence-electron chi connectivity index (χ4n) is 2.40. The van der Waals surface area contributed by atoms with Gasteiger partial charge in [0.05, 0.1) is 7.11 Å². The third kappa shape index (κ3) is 5.58. The molecule has 0 bridgehead atoms. The van der Waals surface area contributed by atoms with Gasteiger partial charge < -0.3 is 9.84 Å². The number of hydrogen-bond donors (Lipinski definition) is 1. The highest BCUT2D eigenvalue weighted by atomic mass is 16.5. The van der Waals surface area contributed by atoms with Crippen molar-refractivity contribution in [2.75, 3.05) is 7.11 Å². The first-order valence-electron chi connectivity index (χ1n) is 7.85. The molecule has 1 rings (SSSR count). The average molecular weight is 326 g/mol. The topological polar surface area (TPSA) is 46.5 Å². The molecule has 128 valence electrons. The molecule has 0 aromatic heterocycles. The zero-order valence-electron chi connectivity index (χ0n) is 15.3. The van der Waals surface area contributed by atoms with Gasteiger partial charge in [-0.3, -0.25) is 0 Å². The quantitative estimate of drug-likeness (QED) is 0.579. The summed E-state index contributed by atoms with van der Waals surface area (Å²) in [6.07, 6.45) is 10.9. The molecule has 3 heteroatoms. The van der Waals surface area contributed by atoms with E-state index in [-0.39, 0.29) is 0 Å². The first-order chi connectivity index (χ1) is 11.3. The number of carbonyl (C=O) groups is 1. The molecule has 0 saturated carbocycles. The van der Waals surface area contributed by atoms with Crippen LogP contribution in [0.2, 0.25) is 0 Å². The van der Waals surface area contributed by atoms with Crippen LogP contribution in [0.25, 0.3) is 6.08 Å². The predicted molar refractivity (Wildman–Crippen MR) is 101 cm³/mol. The minimum Gasteiger partial charge on any atom is -0.496 e. The third-order valence-electron chi connectivity index (χ3n) is 3.91. The molecule has 0 spiro atoms. The Morgan fingerprint density at radius 2 is 1.75 bits per heavy atom. The van der Waals surface area contributed by atoms with Crippen molar-refractivity contribution in [3.05, 3.63) is 69.8 Å². The Labute approximate surface area is 144 Å². The number of hydrogen-bond acceptors (Lipinski definition) is 2. The lowest BCUT2D eigenvalue weighted by molar-refractivity contribution is -0.131. The third-order valence-corrected chi connectivity index (χ3v) is 3.91. The van der Waals surface area contributed by atoms with Crippen LogP contribution in [0.5, 0.6) is 5.75 Å². The van der Waals surface area contributed by atoms with E-state index in [0.29, 0.717) is 5.57 Å². The predicted octanol–water partition coefficient (Wildman–Crippen LogP) is 5.17. The van der Waals surface area contributed by atoms with Gasteiger partial charge in [-0.15, -0.1) is 0 Å². The van der Waals surface area contributed by atoms with Crippen LogP contribution in [0.3, 0.4) is 0 Å². The van der Waals surface area contributed by atoms with Gasteiger partial charge >= 0.3 is 5.97 Å². The molecule has 0 radical (unpaired) electrons. The van der Waals surface area contributed by atoms with E-state index < -0.39 is 5.97 Å². The van der Waals surface area contributed by atoms with Gasteiger partial charge in [-0.1, -0.05) is 36.0 Å². The zero-order valence-corrected chi connectivity index (χ0v) is 15.3. The van der Waals surface area contributed by atoms with Gasteiger partial charge in [0.2, 0.25) is 0 Å². The van der Waals surface area contributed by atoms with Crippen molar-refractivity contribution in [1.82, 2.24) is 0 Å². The van der Waals surface area contributed by atoms with Crippen LogP contribution in [-0.2, 0) is 4.79 Å². The van der Waals surface area contributed by atoms with E-state index in [9.17, 15) is 4.79 Å². The summed E-state index contributed by atoms with van der Waals surface area (Å²) in [4.78, 5) is 10.6. The maximum absolute atomic E-state index is 10.6. The van der Waals surface area contributed by atoms with Crippen molar-refractivity contribution in [2.45, 2.75) is 34.6 Å². The van der Waals surface area contributed by atoms with Crippen LogP contribution in [-0.4, -0.2) is 18.2 Å². The number of methoxy groups -OCH3 is 1. The van der Waals surface area contributed by atoms with Crippen LogP contribution in [0.4, 0.5) is 0 Å². The molecule has 0 aliphatic heterocycles. The van der Waals surface area contributed by atoms with Crippen molar-refractivity contribution in [3.8, 4) is 5.75 Å². The highest BCUT2D eigenvalue weighted by Crippen LogP contribution is 2.28. The van der Waals surface area contributed by atoms with E-state index in [2.05, 4.69) is 39.0 Å². The highest BCUT2D eigenvalue weighted by molar-refractivity contribution is 5.81. The highest BCUT2D eigenvalue weighted by Gasteiger charge is 2.08. The Morgan fingerprint density at radius 1 is 1.08 bits per heavy atom. The second-order valence-electron chi connectivity index (χ2n) is 5.89. The second-order valence-corrected chi connectivity index (χ2v) is 5.89. The Hall–Kier alpha value is -2.55. The molecule has 0 aliphatic rings. The van der Waals surface area contributed by atoms with E-state index in [1.165, 1.54) is 22.8 Å². The molecule has 24 heavy (non-hydrogen) atoms. The summed E-state index contributed by atoms with van der Waals surface area (Å²) in [6.45, 7) is 10.0. The summed E-state index contributed by atoms with van der Waals surface area (Å²) in [5.41, 5.74) is 6.53. The maximum atomic E-state index is 10.6. The van der Waals surface area contributed by atoms with Crippen LogP contribution >= 0.6 is 0 Å². The first-order valence-corrected chi connectivity index (χ1v) is 7.85. The number of carboxylic acid groups (broad SMARTS) is 1. The fraction of sp³-hybridized carbons (Fsp3) is 0.286. The van der Waals surface area contributed by atoms with Gasteiger partial charge in [-0.25, -0.2) is 4.79 Å². The Bertz CT molecular complexity index is 732. The number of benzene rings is 1. The average Bonchev–Trinajstić information content (AvgIpc) is 2.50. The first kappa shape index (κ1) is 19.5. The van der Waals surface area contributed by atoms with Crippen molar-refractivity contribution < 1.29 is 14.6 Å². The van der Waals surface area contributed by atoms with E-state index in [1.54, 1.807) is 20.1 Å². The maximum Gasteiger partial charge on any atom is 0.328 e. The molecule has 0 atom stereocenters. The molecule has 0 amide bonds. The number of rotatable bonds is 6. The molecule has 0 aliphatic carbocycles. The van der Waals surface area contributed by atoms with Gasteiger partial charge in [0.25, 0.3) is 0 Å². The normalized spacial score (nSPS) is 13.1. The second kappa shape index (κ2) is 8.92. The number of ether oxygens (including phenoxy) is 1. The SMILES string of the molecule is COc1cc(C)c(C=C/C(C)=C/C=C/C(C)=C/C(=O)O)c(C)c1C. The molecule has 0 saturated heterocycles. The molecular weight excluding hydrogens is 300 g/mol. The minimum absolute atomic E-state index is 0.702. The number of carboxylic acids is 1. The standard InChI is InChI=1S/C21H26O3/c1-14(8-7-9-15(2)12-21(22)23)10-11-19-16(3)13-20(24-6)18(5)17(19)4/h7-13H,1-6H3,(H,22,23)/b9-7+,11-10?,14-8+,15-12+. The van der Waals surface area contributed by atoms with E-state index >= 15 is 0 Å². The van der Waals surface area contributed by atoms with Gasteiger partial charge in [0, 0.05) is 6.08 Å². The number of aliphatic carboxylic acids is 1. The summed E-state index contributed by atoms with van der Waals surface area (Å²) in [5.74, 6) is -0.0170. The molecule has 0 fully saturated rings. The molecule has 3 nitrogen and oxygen atoms in total.